The van der Waals surface area contributed by atoms with E-state index in [1.165, 1.54) is 16.2 Å². The highest BCUT2D eigenvalue weighted by Crippen LogP contribution is 2.14. The molecule has 2 amide bonds. The summed E-state index contributed by atoms with van der Waals surface area (Å²) in [5, 5.41) is 13.0. The van der Waals surface area contributed by atoms with Crippen LogP contribution in [0.15, 0.2) is 23.0 Å². The fourth-order valence-electron chi connectivity index (χ4n) is 2.04. The van der Waals surface area contributed by atoms with Gasteiger partial charge in [0.1, 0.15) is 5.51 Å². The van der Waals surface area contributed by atoms with Crippen LogP contribution >= 0.6 is 22.7 Å². The number of nitrogens with one attached hydrogen (secondary N) is 1. The lowest BCUT2D eigenvalue weighted by molar-refractivity contribution is 0.195. The van der Waals surface area contributed by atoms with Crippen LogP contribution in [0.3, 0.4) is 0 Å². The quantitative estimate of drug-likeness (QED) is 0.803. The van der Waals surface area contributed by atoms with Crippen molar-refractivity contribution in [3.8, 4) is 0 Å². The Balaban J connectivity index is 1.98. The maximum Gasteiger partial charge on any atom is 0.324 e. The van der Waals surface area contributed by atoms with Crippen molar-refractivity contribution in [3.63, 3.8) is 0 Å². The van der Waals surface area contributed by atoms with Gasteiger partial charge < -0.3 is 9.80 Å². The maximum atomic E-state index is 12.5. The number of nitrogens with zero attached hydrogens (tertiary/aromatic N) is 4. The number of rotatable bonds is 8. The number of thiophene rings is 1. The van der Waals surface area contributed by atoms with E-state index < -0.39 is 0 Å². The summed E-state index contributed by atoms with van der Waals surface area (Å²) in [4.78, 5) is 17.8. The van der Waals surface area contributed by atoms with Crippen LogP contribution in [0, 0.1) is 0 Å². The average Bonchev–Trinajstić information content (AvgIpc) is 3.20. The summed E-state index contributed by atoms with van der Waals surface area (Å²) in [6, 6.07) is 3.93. The number of hydrogen-bond acceptors (Lipinski definition) is 6. The van der Waals surface area contributed by atoms with E-state index in [0.29, 0.717) is 18.2 Å². The number of urea groups is 1. The lowest BCUT2D eigenvalue weighted by Gasteiger charge is -2.26. The summed E-state index contributed by atoms with van der Waals surface area (Å²) in [7, 11) is 0. The number of amides is 2. The Morgan fingerprint density at radius 3 is 2.68 bits per heavy atom. The average molecular weight is 339 g/mol. The molecule has 6 nitrogen and oxygen atoms in total. The number of carbonyl (C=O) groups is 1. The van der Waals surface area contributed by atoms with E-state index in [-0.39, 0.29) is 6.03 Å². The Hall–Kier alpha value is -1.51. The lowest BCUT2D eigenvalue weighted by atomic mass is 10.4. The second-order valence-electron chi connectivity index (χ2n) is 4.70. The number of hydrogen-bond donors (Lipinski definition) is 1. The van der Waals surface area contributed by atoms with Gasteiger partial charge in [-0.05, 0) is 24.5 Å². The molecule has 0 fully saturated rings. The molecule has 120 valence electrons. The Kier molecular flexibility index (Phi) is 6.75. The van der Waals surface area contributed by atoms with Gasteiger partial charge in [-0.1, -0.05) is 31.3 Å². The molecule has 2 aromatic heterocycles. The van der Waals surface area contributed by atoms with Gasteiger partial charge in [0, 0.05) is 18.0 Å². The molecule has 0 bridgehead atoms. The smallest absolute Gasteiger partial charge is 0.318 e. The van der Waals surface area contributed by atoms with E-state index in [0.717, 1.165) is 19.6 Å². The van der Waals surface area contributed by atoms with Crippen molar-refractivity contribution < 1.29 is 4.79 Å². The van der Waals surface area contributed by atoms with E-state index in [2.05, 4.69) is 34.3 Å². The van der Waals surface area contributed by atoms with Crippen molar-refractivity contribution in [1.29, 1.82) is 0 Å². The van der Waals surface area contributed by atoms with Gasteiger partial charge in [-0.3, -0.25) is 5.32 Å². The molecular weight excluding hydrogens is 318 g/mol. The summed E-state index contributed by atoms with van der Waals surface area (Å²) < 4.78 is 0. The minimum atomic E-state index is -0.127. The van der Waals surface area contributed by atoms with E-state index in [9.17, 15) is 4.79 Å². The van der Waals surface area contributed by atoms with Crippen molar-refractivity contribution in [2.24, 2.45) is 0 Å². The van der Waals surface area contributed by atoms with Crippen LogP contribution in [0.5, 0.6) is 0 Å². The molecular formula is C14H21N5OS2. The molecule has 0 unspecified atom stereocenters. The first kappa shape index (κ1) is 16.9. The van der Waals surface area contributed by atoms with E-state index in [1.54, 1.807) is 16.8 Å². The van der Waals surface area contributed by atoms with E-state index in [1.807, 2.05) is 22.4 Å². The number of likely N-dealkylation sites (N-methyl/N-ethyl adjacent to an activating group) is 1. The fourth-order valence-corrected chi connectivity index (χ4v) is 3.20. The second-order valence-corrected chi connectivity index (χ2v) is 6.57. The number of anilines is 1. The minimum absolute atomic E-state index is 0.127. The van der Waals surface area contributed by atoms with Crippen molar-refractivity contribution >= 4 is 33.8 Å². The third-order valence-corrected chi connectivity index (χ3v) is 4.84. The van der Waals surface area contributed by atoms with Gasteiger partial charge in [-0.25, -0.2) is 4.79 Å². The van der Waals surface area contributed by atoms with Gasteiger partial charge in [-0.2, -0.15) is 0 Å². The van der Waals surface area contributed by atoms with Crippen molar-refractivity contribution in [3.05, 3.63) is 27.9 Å². The van der Waals surface area contributed by atoms with Gasteiger partial charge in [0.05, 0.1) is 6.54 Å². The summed E-state index contributed by atoms with van der Waals surface area (Å²) >= 11 is 2.98. The molecule has 0 aliphatic heterocycles. The van der Waals surface area contributed by atoms with Gasteiger partial charge in [0.2, 0.25) is 5.13 Å². The predicted molar refractivity (Wildman–Crippen MR) is 91.4 cm³/mol. The van der Waals surface area contributed by atoms with Crippen molar-refractivity contribution in [2.75, 3.05) is 31.5 Å². The molecule has 0 spiro atoms. The van der Waals surface area contributed by atoms with Gasteiger partial charge in [0.15, 0.2) is 0 Å². The molecule has 0 atom stereocenters. The number of carbonyl (C=O) groups excluding carboxylic acids is 1. The fraction of sp³-hybridized carbons (Fsp3) is 0.500. The van der Waals surface area contributed by atoms with Gasteiger partial charge >= 0.3 is 6.03 Å². The molecule has 0 aliphatic rings. The summed E-state index contributed by atoms with van der Waals surface area (Å²) in [5.74, 6) is 0. The number of aromatic nitrogens is 2. The molecule has 2 heterocycles. The third-order valence-electron chi connectivity index (χ3n) is 3.37. The Bertz CT molecular complexity index is 540. The van der Waals surface area contributed by atoms with Crippen LogP contribution in [0.25, 0.3) is 0 Å². The standard InChI is InChI=1S/C14H21N5OS2/c1-3-18(4-2)7-8-19(10-12-6-5-9-21-12)14(20)16-13-17-15-11-22-13/h5-6,9,11H,3-4,7-8,10H2,1-2H3,(H,16,17,20). The zero-order valence-electron chi connectivity index (χ0n) is 12.9. The van der Waals surface area contributed by atoms with Crippen LogP contribution in [0.2, 0.25) is 0 Å². The molecule has 2 rings (SSSR count). The van der Waals surface area contributed by atoms with E-state index in [4.69, 9.17) is 0 Å². The van der Waals surface area contributed by atoms with Gasteiger partial charge in [0.25, 0.3) is 0 Å². The first-order valence-corrected chi connectivity index (χ1v) is 9.05. The highest BCUT2D eigenvalue weighted by atomic mass is 32.1. The van der Waals surface area contributed by atoms with Gasteiger partial charge in [-0.15, -0.1) is 21.5 Å². The highest BCUT2D eigenvalue weighted by Gasteiger charge is 2.16. The van der Waals surface area contributed by atoms with Crippen LogP contribution in [0.4, 0.5) is 9.93 Å². The molecule has 1 N–H and O–H groups in total. The topological polar surface area (TPSA) is 61.4 Å². The molecule has 0 saturated heterocycles. The maximum absolute atomic E-state index is 12.5. The van der Waals surface area contributed by atoms with Crippen LogP contribution in [-0.2, 0) is 6.54 Å². The van der Waals surface area contributed by atoms with Crippen LogP contribution in [-0.4, -0.2) is 52.2 Å². The second kappa shape index (κ2) is 8.82. The Morgan fingerprint density at radius 2 is 2.09 bits per heavy atom. The largest absolute Gasteiger partial charge is 0.324 e. The minimum Gasteiger partial charge on any atom is -0.318 e. The molecule has 0 aliphatic carbocycles. The SMILES string of the molecule is CCN(CC)CCN(Cc1cccs1)C(=O)Nc1nncs1. The Labute approximate surface area is 138 Å². The van der Waals surface area contributed by atoms with Crippen molar-refractivity contribution in [2.45, 2.75) is 20.4 Å². The lowest BCUT2D eigenvalue weighted by Crippen LogP contribution is -2.40. The molecule has 8 heteroatoms. The molecule has 22 heavy (non-hydrogen) atoms. The van der Waals surface area contributed by atoms with Crippen molar-refractivity contribution in [1.82, 2.24) is 20.0 Å². The highest BCUT2D eigenvalue weighted by molar-refractivity contribution is 7.13. The summed E-state index contributed by atoms with van der Waals surface area (Å²) in [6.45, 7) is 8.40. The zero-order chi connectivity index (χ0) is 15.8. The van der Waals surface area contributed by atoms with E-state index >= 15 is 0 Å². The Morgan fingerprint density at radius 1 is 1.27 bits per heavy atom. The summed E-state index contributed by atoms with van der Waals surface area (Å²) in [5.41, 5.74) is 1.61. The molecule has 2 aromatic rings. The van der Waals surface area contributed by atoms with Crippen LogP contribution in [0.1, 0.15) is 18.7 Å². The van der Waals surface area contributed by atoms with Crippen LogP contribution < -0.4 is 5.32 Å². The first-order valence-electron chi connectivity index (χ1n) is 7.29. The summed E-state index contributed by atoms with van der Waals surface area (Å²) in [6.07, 6.45) is 0. The molecule has 0 radical (unpaired) electrons. The monoisotopic (exact) mass is 339 g/mol. The third kappa shape index (κ3) is 5.04. The normalized spacial score (nSPS) is 10.9. The predicted octanol–water partition coefficient (Wildman–Crippen LogP) is 2.98. The molecule has 0 saturated carbocycles. The molecule has 0 aromatic carbocycles. The first-order chi connectivity index (χ1) is 10.7. The zero-order valence-corrected chi connectivity index (χ0v) is 14.5.